The number of nitriles is 1. The molecule has 38 heavy (non-hydrogen) atoms. The van der Waals surface area contributed by atoms with Crippen LogP contribution in [-0.2, 0) is 7.05 Å². The van der Waals surface area contributed by atoms with Gasteiger partial charge in [0.05, 0.1) is 5.52 Å². The molecular formula is C25H29F5N6OS. The van der Waals surface area contributed by atoms with Crippen molar-refractivity contribution >= 4 is 27.1 Å². The molecule has 0 bridgehead atoms. The number of aromatic nitrogens is 3. The molecule has 2 aromatic heterocycles. The smallest absolute Gasteiger partial charge is 0.349 e. The van der Waals surface area contributed by atoms with Gasteiger partial charge in [-0.1, -0.05) is 45.4 Å². The minimum Gasteiger partial charge on any atom is -0.349 e. The summed E-state index contributed by atoms with van der Waals surface area (Å²) in [7, 11) is -8.17. The van der Waals surface area contributed by atoms with E-state index in [0.717, 1.165) is 12.1 Å². The molecule has 1 aromatic carbocycles. The number of nitrogens with zero attached hydrogens (tertiary/aromatic N) is 6. The summed E-state index contributed by atoms with van der Waals surface area (Å²) < 4.78 is 67.5. The molecule has 0 amide bonds. The van der Waals surface area contributed by atoms with Crippen molar-refractivity contribution in [2.45, 2.75) is 56.6 Å². The van der Waals surface area contributed by atoms with Crippen molar-refractivity contribution in [1.82, 2.24) is 19.4 Å². The lowest BCUT2D eigenvalue weighted by atomic mass is 9.96. The first-order chi connectivity index (χ1) is 17.6. The highest BCUT2D eigenvalue weighted by molar-refractivity contribution is 8.45. The van der Waals surface area contributed by atoms with Crippen molar-refractivity contribution in [1.29, 1.82) is 5.26 Å². The molecule has 1 aliphatic heterocycles. The van der Waals surface area contributed by atoms with Crippen LogP contribution in [0.1, 0.15) is 50.9 Å². The molecular weight excluding hydrogens is 527 g/mol. The number of fused-ring (bicyclic) bond motifs is 1. The minimum atomic E-state index is -9.75. The summed E-state index contributed by atoms with van der Waals surface area (Å²) in [5.74, 6) is 0.374. The first-order valence-corrected chi connectivity index (χ1v) is 14.2. The average molecular weight is 557 g/mol. The van der Waals surface area contributed by atoms with Crippen molar-refractivity contribution in [3.05, 3.63) is 58.1 Å². The third-order valence-electron chi connectivity index (χ3n) is 7.17. The lowest BCUT2D eigenvalue weighted by molar-refractivity contribution is 0.0939. The van der Waals surface area contributed by atoms with Crippen molar-refractivity contribution in [2.75, 3.05) is 18.0 Å². The van der Waals surface area contributed by atoms with E-state index < -0.39 is 20.8 Å². The Kier molecular flexibility index (Phi) is 6.52. The molecule has 1 saturated heterocycles. The topological polar surface area (TPSA) is 78.0 Å². The van der Waals surface area contributed by atoms with Gasteiger partial charge in [-0.3, -0.25) is 9.47 Å². The Morgan fingerprint density at radius 3 is 2.26 bits per heavy atom. The fourth-order valence-electron chi connectivity index (χ4n) is 5.19. The molecule has 3 heterocycles. The van der Waals surface area contributed by atoms with E-state index in [2.05, 4.69) is 14.9 Å². The Hall–Kier alpha value is -3.24. The van der Waals surface area contributed by atoms with Crippen LogP contribution in [0.4, 0.5) is 25.2 Å². The Balaban J connectivity index is 1.70. The lowest BCUT2D eigenvalue weighted by Crippen LogP contribution is -2.58. The summed E-state index contributed by atoms with van der Waals surface area (Å²) in [4.78, 5) is 23.6. The van der Waals surface area contributed by atoms with Gasteiger partial charge in [-0.05, 0) is 49.6 Å². The van der Waals surface area contributed by atoms with Gasteiger partial charge in [0.25, 0.3) is 0 Å². The van der Waals surface area contributed by atoms with Gasteiger partial charge in [-0.25, -0.2) is 9.78 Å². The number of aryl methyl sites for hydroxylation is 1. The van der Waals surface area contributed by atoms with Crippen molar-refractivity contribution in [3.63, 3.8) is 0 Å². The Morgan fingerprint density at radius 1 is 1.05 bits per heavy atom. The highest BCUT2D eigenvalue weighted by atomic mass is 32.5. The lowest BCUT2D eigenvalue weighted by Gasteiger charge is -2.49. The number of piperazine rings is 1. The van der Waals surface area contributed by atoms with Gasteiger partial charge in [-0.2, -0.15) is 10.2 Å². The van der Waals surface area contributed by atoms with E-state index in [1.54, 1.807) is 13.1 Å². The summed E-state index contributed by atoms with van der Waals surface area (Å²) in [6.45, 7) is 6.76. The number of benzene rings is 1. The molecule has 13 heteroatoms. The molecule has 0 aliphatic carbocycles. The number of pyridine rings is 1. The first kappa shape index (κ1) is 27.8. The molecule has 3 atom stereocenters. The monoisotopic (exact) mass is 556 g/mol. The molecule has 1 aliphatic rings. The second-order valence-corrected chi connectivity index (χ2v) is 12.1. The number of hydrogen-bond acceptors (Lipinski definition) is 6. The molecule has 7 nitrogen and oxygen atoms in total. The quantitative estimate of drug-likeness (QED) is 0.332. The molecule has 0 saturated carbocycles. The van der Waals surface area contributed by atoms with E-state index >= 15 is 0 Å². The van der Waals surface area contributed by atoms with Crippen molar-refractivity contribution in [3.8, 4) is 6.07 Å². The summed E-state index contributed by atoms with van der Waals surface area (Å²) in [5, 5.41) is 9.35. The molecule has 206 valence electrons. The molecule has 0 spiro atoms. The SMILES string of the molecule is CCC(c1ccc(S(F)(F)(F)(F)F)cc1)N1C[C@H](C)N(c2nc(=O)n(C)c3ccc(C#N)nc23)C[C@H]1CC. The van der Waals surface area contributed by atoms with E-state index in [-0.39, 0.29) is 23.8 Å². The van der Waals surface area contributed by atoms with Crippen molar-refractivity contribution in [2.24, 2.45) is 7.05 Å². The van der Waals surface area contributed by atoms with E-state index in [1.165, 1.54) is 10.6 Å². The van der Waals surface area contributed by atoms with E-state index in [1.807, 2.05) is 31.7 Å². The summed E-state index contributed by atoms with van der Waals surface area (Å²) >= 11 is 0. The van der Waals surface area contributed by atoms with Crippen LogP contribution in [0.5, 0.6) is 0 Å². The van der Waals surface area contributed by atoms with Crippen LogP contribution in [0.2, 0.25) is 0 Å². The molecule has 1 fully saturated rings. The fraction of sp³-hybridized carbons (Fsp3) is 0.440. The van der Waals surface area contributed by atoms with Crippen LogP contribution in [0.25, 0.3) is 11.0 Å². The first-order valence-electron chi connectivity index (χ1n) is 12.2. The summed E-state index contributed by atoms with van der Waals surface area (Å²) in [6, 6.07) is 7.86. The second-order valence-electron chi connectivity index (χ2n) is 9.68. The summed E-state index contributed by atoms with van der Waals surface area (Å²) in [5.41, 5.74) is 1.22. The highest BCUT2D eigenvalue weighted by Gasteiger charge is 2.65. The van der Waals surface area contributed by atoms with Gasteiger partial charge in [0.15, 0.2) is 5.82 Å². The zero-order valence-corrected chi connectivity index (χ0v) is 22.2. The number of rotatable bonds is 6. The van der Waals surface area contributed by atoms with Gasteiger partial charge >= 0.3 is 15.9 Å². The van der Waals surface area contributed by atoms with Crippen LogP contribution in [-0.4, -0.2) is 44.6 Å². The maximum Gasteiger partial charge on any atom is 0.349 e. The molecule has 3 aromatic rings. The van der Waals surface area contributed by atoms with E-state index in [0.29, 0.717) is 60.5 Å². The van der Waals surface area contributed by atoms with Crippen molar-refractivity contribution < 1.29 is 19.4 Å². The Labute approximate surface area is 217 Å². The Bertz CT molecular complexity index is 1470. The normalized spacial score (nSPS) is 21.5. The number of hydrogen-bond donors (Lipinski definition) is 0. The van der Waals surface area contributed by atoms with Gasteiger partial charge in [-0.15, -0.1) is 0 Å². The number of halogens is 5. The maximum atomic E-state index is 13.2. The van der Waals surface area contributed by atoms with Gasteiger partial charge in [0, 0.05) is 38.3 Å². The molecule has 0 N–H and O–H groups in total. The van der Waals surface area contributed by atoms with Gasteiger partial charge in [0.2, 0.25) is 0 Å². The molecule has 4 rings (SSSR count). The maximum absolute atomic E-state index is 13.2. The average Bonchev–Trinajstić information content (AvgIpc) is 2.85. The highest BCUT2D eigenvalue weighted by Crippen LogP contribution is 3.02. The Morgan fingerprint density at radius 2 is 1.71 bits per heavy atom. The third-order valence-corrected chi connectivity index (χ3v) is 8.34. The van der Waals surface area contributed by atoms with E-state index in [9.17, 15) is 29.5 Å². The van der Waals surface area contributed by atoms with Gasteiger partial charge < -0.3 is 4.90 Å². The number of anilines is 1. The van der Waals surface area contributed by atoms with Crippen LogP contribution in [0, 0.1) is 11.3 Å². The molecule has 0 radical (unpaired) electrons. The minimum absolute atomic E-state index is 0.0773. The van der Waals surface area contributed by atoms with Crippen LogP contribution in [0.15, 0.2) is 46.1 Å². The summed E-state index contributed by atoms with van der Waals surface area (Å²) in [6.07, 6.45) is 1.24. The van der Waals surface area contributed by atoms with Crippen LogP contribution < -0.4 is 10.6 Å². The fourth-order valence-corrected chi connectivity index (χ4v) is 5.84. The third kappa shape index (κ3) is 5.19. The zero-order valence-electron chi connectivity index (χ0n) is 21.4. The van der Waals surface area contributed by atoms with Crippen LogP contribution in [0.3, 0.4) is 0 Å². The molecule has 1 unspecified atom stereocenters. The predicted octanol–water partition coefficient (Wildman–Crippen LogP) is 6.30. The predicted molar refractivity (Wildman–Crippen MR) is 138 cm³/mol. The standard InChI is InChI=1S/C25H29F5N6OS/c1-5-19-15-35(24-23-22(34(4)25(37)33-24)12-9-18(13-31)32-23)16(3)14-36(19)21(6-2)17-7-10-20(11-8-17)38(26,27,28,29)30/h7-12,16,19,21H,5-6,14-15H2,1-4H3/t16-,19+,21?/m0/s1. The van der Waals surface area contributed by atoms with Crippen LogP contribution >= 0.6 is 10.2 Å². The largest absolute Gasteiger partial charge is 0.349 e. The second kappa shape index (κ2) is 8.91. The zero-order chi connectivity index (χ0) is 28.1. The van der Waals surface area contributed by atoms with E-state index in [4.69, 9.17) is 0 Å². The van der Waals surface area contributed by atoms with Gasteiger partial charge in [0.1, 0.15) is 22.2 Å².